The van der Waals surface area contributed by atoms with Gasteiger partial charge in [-0.15, -0.1) is 0 Å². The molecule has 0 heterocycles. The number of rotatable bonds is 3. The van der Waals surface area contributed by atoms with E-state index in [4.69, 9.17) is 5.21 Å². The molecule has 0 aliphatic heterocycles. The summed E-state index contributed by atoms with van der Waals surface area (Å²) in [6.45, 7) is 0. The molecular formula is C11H11NO3. The van der Waals surface area contributed by atoms with Crippen LogP contribution in [0.3, 0.4) is 0 Å². The molecule has 1 rings (SSSR count). The number of ketones is 1. The molecule has 4 nitrogen and oxygen atoms in total. The molecule has 0 radical (unpaired) electrons. The molecule has 4 heteroatoms. The van der Waals surface area contributed by atoms with Crippen LogP contribution in [-0.4, -0.2) is 29.0 Å². The lowest BCUT2D eigenvalue weighted by atomic mass is 10.2. The highest BCUT2D eigenvalue weighted by Gasteiger charge is 2.13. The minimum absolute atomic E-state index is 0.262. The third-order valence-electron chi connectivity index (χ3n) is 1.73. The predicted octanol–water partition coefficient (Wildman–Crippen LogP) is 1.12. The van der Waals surface area contributed by atoms with Gasteiger partial charge >= 0.3 is 5.91 Å². The van der Waals surface area contributed by atoms with Crippen molar-refractivity contribution in [3.8, 4) is 0 Å². The van der Waals surface area contributed by atoms with Gasteiger partial charge in [-0.25, -0.2) is 5.06 Å². The van der Waals surface area contributed by atoms with Crippen molar-refractivity contribution in [1.82, 2.24) is 5.06 Å². The monoisotopic (exact) mass is 205 g/mol. The molecule has 0 atom stereocenters. The molecule has 1 aromatic rings. The molecule has 0 saturated heterocycles. The minimum atomic E-state index is -0.956. The fourth-order valence-corrected chi connectivity index (χ4v) is 0.967. The van der Waals surface area contributed by atoms with E-state index >= 15 is 0 Å². The Morgan fingerprint density at radius 3 is 2.40 bits per heavy atom. The second-order valence-electron chi connectivity index (χ2n) is 2.94. The number of hydrogen-bond acceptors (Lipinski definition) is 3. The van der Waals surface area contributed by atoms with E-state index in [-0.39, 0.29) is 5.06 Å². The summed E-state index contributed by atoms with van der Waals surface area (Å²) in [6, 6.07) is 9.11. The average Bonchev–Trinajstić information content (AvgIpc) is 2.26. The number of carbonyl (C=O) groups is 2. The molecule has 0 saturated carbocycles. The highest BCUT2D eigenvalue weighted by molar-refractivity contribution is 6.40. The summed E-state index contributed by atoms with van der Waals surface area (Å²) in [5, 5.41) is 8.98. The summed E-state index contributed by atoms with van der Waals surface area (Å²) in [6.07, 6.45) is 2.65. The second-order valence-corrected chi connectivity index (χ2v) is 2.94. The zero-order valence-electron chi connectivity index (χ0n) is 8.25. The standard InChI is InChI=1S/C11H11NO3/c1-12(15)11(14)10(13)8-7-9-5-3-2-4-6-9/h2-8,15H,1H3/b8-7+. The number of hydroxylamine groups is 2. The van der Waals surface area contributed by atoms with Gasteiger partial charge in [0.05, 0.1) is 0 Å². The van der Waals surface area contributed by atoms with Crippen molar-refractivity contribution in [2.45, 2.75) is 0 Å². The first-order chi connectivity index (χ1) is 7.11. The van der Waals surface area contributed by atoms with E-state index < -0.39 is 11.7 Å². The molecule has 78 valence electrons. The largest absolute Gasteiger partial charge is 0.317 e. The van der Waals surface area contributed by atoms with Crippen LogP contribution in [0, 0.1) is 0 Å². The molecule has 1 aromatic carbocycles. The molecule has 0 aromatic heterocycles. The van der Waals surface area contributed by atoms with Crippen molar-refractivity contribution in [3.63, 3.8) is 0 Å². The van der Waals surface area contributed by atoms with Gasteiger partial charge in [-0.2, -0.15) is 0 Å². The van der Waals surface area contributed by atoms with Crippen LogP contribution in [0.25, 0.3) is 6.08 Å². The number of carbonyl (C=O) groups excluding carboxylic acids is 2. The summed E-state index contributed by atoms with van der Waals surface area (Å²) < 4.78 is 0. The Labute approximate surface area is 87.4 Å². The third-order valence-corrected chi connectivity index (χ3v) is 1.73. The summed E-state index contributed by atoms with van der Waals surface area (Å²) in [7, 11) is 1.11. The van der Waals surface area contributed by atoms with Crippen LogP contribution in [0.15, 0.2) is 36.4 Å². The highest BCUT2D eigenvalue weighted by atomic mass is 16.5. The van der Waals surface area contributed by atoms with Gasteiger partial charge in [-0.1, -0.05) is 36.4 Å². The molecule has 15 heavy (non-hydrogen) atoms. The van der Waals surface area contributed by atoms with Crippen molar-refractivity contribution in [1.29, 1.82) is 0 Å². The van der Waals surface area contributed by atoms with Crippen LogP contribution < -0.4 is 0 Å². The van der Waals surface area contributed by atoms with Gasteiger partial charge in [0.2, 0.25) is 5.78 Å². The van der Waals surface area contributed by atoms with Gasteiger partial charge in [-0.3, -0.25) is 14.8 Å². The van der Waals surface area contributed by atoms with Gasteiger partial charge in [0.15, 0.2) is 0 Å². The molecule has 0 bridgehead atoms. The van der Waals surface area contributed by atoms with Gasteiger partial charge < -0.3 is 0 Å². The normalized spacial score (nSPS) is 10.3. The maximum absolute atomic E-state index is 11.1. The zero-order valence-corrected chi connectivity index (χ0v) is 8.25. The molecule has 0 spiro atoms. The number of amides is 1. The van der Waals surface area contributed by atoms with E-state index in [2.05, 4.69) is 0 Å². The van der Waals surface area contributed by atoms with E-state index in [1.807, 2.05) is 18.2 Å². The third kappa shape index (κ3) is 3.36. The molecular weight excluding hydrogens is 194 g/mol. The molecule has 1 amide bonds. The first-order valence-electron chi connectivity index (χ1n) is 4.35. The Bertz CT molecular complexity index is 382. The van der Waals surface area contributed by atoms with E-state index in [0.29, 0.717) is 0 Å². The van der Waals surface area contributed by atoms with Crippen molar-refractivity contribution in [3.05, 3.63) is 42.0 Å². The lowest BCUT2D eigenvalue weighted by molar-refractivity contribution is -0.163. The van der Waals surface area contributed by atoms with Crippen molar-refractivity contribution in [2.75, 3.05) is 7.05 Å². The van der Waals surface area contributed by atoms with Crippen LogP contribution in [0.5, 0.6) is 0 Å². The van der Waals surface area contributed by atoms with Gasteiger partial charge in [0.1, 0.15) is 0 Å². The number of hydrogen-bond donors (Lipinski definition) is 1. The van der Waals surface area contributed by atoms with E-state index in [0.717, 1.165) is 18.7 Å². The maximum Gasteiger partial charge on any atom is 0.317 e. The Morgan fingerprint density at radius 2 is 1.87 bits per heavy atom. The van der Waals surface area contributed by atoms with E-state index in [1.165, 1.54) is 6.08 Å². The van der Waals surface area contributed by atoms with Gasteiger partial charge in [0, 0.05) is 7.05 Å². The minimum Gasteiger partial charge on any atom is -0.286 e. The maximum atomic E-state index is 11.1. The Morgan fingerprint density at radius 1 is 1.27 bits per heavy atom. The second kappa shape index (κ2) is 5.07. The van der Waals surface area contributed by atoms with E-state index in [9.17, 15) is 9.59 Å². The van der Waals surface area contributed by atoms with Crippen LogP contribution >= 0.6 is 0 Å². The van der Waals surface area contributed by atoms with Crippen LogP contribution in [0.2, 0.25) is 0 Å². The Kier molecular flexibility index (Phi) is 3.76. The first kappa shape index (κ1) is 11.1. The summed E-state index contributed by atoms with van der Waals surface area (Å²) in [4.78, 5) is 22.1. The van der Waals surface area contributed by atoms with Gasteiger partial charge in [-0.05, 0) is 11.6 Å². The predicted molar refractivity (Wildman–Crippen MR) is 55.0 cm³/mol. The fourth-order valence-electron chi connectivity index (χ4n) is 0.967. The molecule has 0 aliphatic rings. The number of benzene rings is 1. The molecule has 0 unspecified atom stereocenters. The first-order valence-corrected chi connectivity index (χ1v) is 4.35. The SMILES string of the molecule is CN(O)C(=O)C(=O)/C=C/c1ccccc1. The van der Waals surface area contributed by atoms with Crippen LogP contribution in [-0.2, 0) is 9.59 Å². The zero-order chi connectivity index (χ0) is 11.3. The number of likely N-dealkylation sites (N-methyl/N-ethyl adjacent to an activating group) is 1. The summed E-state index contributed by atoms with van der Waals surface area (Å²) in [5.74, 6) is -1.72. The fraction of sp³-hybridized carbons (Fsp3) is 0.0909. The van der Waals surface area contributed by atoms with E-state index in [1.54, 1.807) is 12.1 Å². The summed E-state index contributed by atoms with van der Waals surface area (Å²) >= 11 is 0. The van der Waals surface area contributed by atoms with Gasteiger partial charge in [0.25, 0.3) is 0 Å². The van der Waals surface area contributed by atoms with Crippen molar-refractivity contribution >= 4 is 17.8 Å². The molecule has 1 N–H and O–H groups in total. The van der Waals surface area contributed by atoms with Crippen molar-refractivity contribution < 1.29 is 14.8 Å². The lowest BCUT2D eigenvalue weighted by Crippen LogP contribution is -2.28. The van der Waals surface area contributed by atoms with Crippen LogP contribution in [0.4, 0.5) is 0 Å². The van der Waals surface area contributed by atoms with Crippen LogP contribution in [0.1, 0.15) is 5.56 Å². The molecule has 0 aliphatic carbocycles. The quantitative estimate of drug-likeness (QED) is 0.348. The number of nitrogens with zero attached hydrogens (tertiary/aromatic N) is 1. The highest BCUT2D eigenvalue weighted by Crippen LogP contribution is 2.01. The summed E-state index contributed by atoms with van der Waals surface area (Å²) in [5.41, 5.74) is 0.819. The average molecular weight is 205 g/mol. The molecule has 0 fully saturated rings. The Balaban J connectivity index is 2.67. The van der Waals surface area contributed by atoms with Crippen molar-refractivity contribution in [2.24, 2.45) is 0 Å². The topological polar surface area (TPSA) is 57.6 Å². The lowest BCUT2D eigenvalue weighted by Gasteiger charge is -2.03. The smallest absolute Gasteiger partial charge is 0.286 e. The Hall–Kier alpha value is -1.94.